The fourth-order valence-electron chi connectivity index (χ4n) is 2.97. The number of ether oxygens (including phenoxy) is 1. The van der Waals surface area contributed by atoms with E-state index >= 15 is 0 Å². The standard InChI is InChI=1S/C17H14N4O3/c1-9-20-15(10-3-4-14(24-2)11(7-10)17(22)23)13-8-19-16-12(21(9)13)5-6-18-16/h3-8,18H,1-2H3,(H,22,23). The van der Waals surface area contributed by atoms with E-state index < -0.39 is 5.97 Å². The lowest BCUT2D eigenvalue weighted by Crippen LogP contribution is -2.00. The van der Waals surface area contributed by atoms with E-state index in [4.69, 9.17) is 4.74 Å². The first kappa shape index (κ1) is 14.3. The zero-order valence-corrected chi connectivity index (χ0v) is 13.1. The lowest BCUT2D eigenvalue weighted by atomic mass is 10.1. The van der Waals surface area contributed by atoms with Crippen LogP contribution in [0.2, 0.25) is 0 Å². The number of hydrogen-bond acceptors (Lipinski definition) is 4. The Kier molecular flexibility index (Phi) is 3.02. The second-order valence-electron chi connectivity index (χ2n) is 5.42. The second-order valence-corrected chi connectivity index (χ2v) is 5.42. The van der Waals surface area contributed by atoms with E-state index in [1.807, 2.05) is 23.6 Å². The maximum absolute atomic E-state index is 11.5. The summed E-state index contributed by atoms with van der Waals surface area (Å²) in [6.07, 6.45) is 3.56. The first-order valence-corrected chi connectivity index (χ1v) is 7.33. The van der Waals surface area contributed by atoms with Crippen molar-refractivity contribution in [3.05, 3.63) is 48.0 Å². The number of aromatic amines is 1. The van der Waals surface area contributed by atoms with Crippen LogP contribution >= 0.6 is 0 Å². The van der Waals surface area contributed by atoms with Gasteiger partial charge >= 0.3 is 5.97 Å². The van der Waals surface area contributed by atoms with Crippen LogP contribution in [0.1, 0.15) is 16.2 Å². The molecule has 0 aliphatic carbocycles. The number of methoxy groups -OCH3 is 1. The molecule has 0 bridgehead atoms. The normalized spacial score (nSPS) is 11.2. The molecule has 0 radical (unpaired) electrons. The number of rotatable bonds is 3. The Morgan fingerprint density at radius 1 is 1.29 bits per heavy atom. The molecule has 0 saturated carbocycles. The van der Waals surface area contributed by atoms with Gasteiger partial charge in [-0.1, -0.05) is 0 Å². The number of benzene rings is 1. The Labute approximate surface area is 136 Å². The van der Waals surface area contributed by atoms with Crippen LogP contribution in [0.3, 0.4) is 0 Å². The topological polar surface area (TPSA) is 92.5 Å². The van der Waals surface area contributed by atoms with Gasteiger partial charge in [0, 0.05) is 11.8 Å². The number of hydrogen-bond donors (Lipinski definition) is 2. The molecular weight excluding hydrogens is 308 g/mol. The third-order valence-electron chi connectivity index (χ3n) is 4.04. The first-order valence-electron chi connectivity index (χ1n) is 7.33. The summed E-state index contributed by atoms with van der Waals surface area (Å²) >= 11 is 0. The molecule has 0 fully saturated rings. The van der Waals surface area contributed by atoms with Crippen molar-refractivity contribution in [2.75, 3.05) is 7.11 Å². The molecule has 3 aromatic heterocycles. The molecule has 0 aliphatic heterocycles. The molecule has 0 saturated heterocycles. The maximum atomic E-state index is 11.5. The Morgan fingerprint density at radius 3 is 2.88 bits per heavy atom. The summed E-state index contributed by atoms with van der Waals surface area (Å²) in [6.45, 7) is 1.91. The van der Waals surface area contributed by atoms with Gasteiger partial charge in [-0.3, -0.25) is 4.40 Å². The number of aromatic carboxylic acids is 1. The summed E-state index contributed by atoms with van der Waals surface area (Å²) in [5.74, 6) is 0.0809. The Bertz CT molecular complexity index is 1090. The molecule has 4 rings (SSSR count). The van der Waals surface area contributed by atoms with Crippen molar-refractivity contribution in [2.45, 2.75) is 6.92 Å². The van der Waals surface area contributed by atoms with Crippen LogP contribution in [0.4, 0.5) is 0 Å². The van der Waals surface area contributed by atoms with Gasteiger partial charge in [-0.25, -0.2) is 14.8 Å². The van der Waals surface area contributed by atoms with Crippen molar-refractivity contribution in [2.24, 2.45) is 0 Å². The molecule has 1 aromatic carbocycles. The third-order valence-corrected chi connectivity index (χ3v) is 4.04. The highest BCUT2D eigenvalue weighted by Gasteiger charge is 2.17. The number of fused-ring (bicyclic) bond motifs is 3. The summed E-state index contributed by atoms with van der Waals surface area (Å²) in [7, 11) is 1.45. The van der Waals surface area contributed by atoms with Crippen LogP contribution in [-0.2, 0) is 0 Å². The van der Waals surface area contributed by atoms with Crippen molar-refractivity contribution in [1.29, 1.82) is 0 Å². The minimum atomic E-state index is -1.04. The third kappa shape index (κ3) is 1.95. The van der Waals surface area contributed by atoms with Crippen molar-refractivity contribution < 1.29 is 14.6 Å². The van der Waals surface area contributed by atoms with Crippen molar-refractivity contribution in [3.63, 3.8) is 0 Å². The number of nitrogens with zero attached hydrogens (tertiary/aromatic N) is 3. The second kappa shape index (κ2) is 5.09. The Hall–Kier alpha value is -3.35. The quantitative estimate of drug-likeness (QED) is 0.605. The molecule has 0 atom stereocenters. The van der Waals surface area contributed by atoms with Crippen molar-refractivity contribution in [1.82, 2.24) is 19.4 Å². The monoisotopic (exact) mass is 322 g/mol. The summed E-state index contributed by atoms with van der Waals surface area (Å²) in [5.41, 5.74) is 4.01. The molecule has 4 aromatic rings. The predicted octanol–water partition coefficient (Wildman–Crippen LogP) is 2.89. The highest BCUT2D eigenvalue weighted by molar-refractivity contribution is 5.94. The first-order chi connectivity index (χ1) is 11.6. The smallest absolute Gasteiger partial charge is 0.339 e. The van der Waals surface area contributed by atoms with Crippen LogP contribution in [-0.4, -0.2) is 37.5 Å². The van der Waals surface area contributed by atoms with Crippen LogP contribution < -0.4 is 4.74 Å². The molecule has 3 heterocycles. The van der Waals surface area contributed by atoms with Crippen LogP contribution in [0.15, 0.2) is 36.7 Å². The van der Waals surface area contributed by atoms with Gasteiger partial charge in [-0.05, 0) is 31.2 Å². The molecule has 24 heavy (non-hydrogen) atoms. The van der Waals surface area contributed by atoms with E-state index in [9.17, 15) is 9.90 Å². The average molecular weight is 322 g/mol. The summed E-state index contributed by atoms with van der Waals surface area (Å²) in [4.78, 5) is 23.5. The van der Waals surface area contributed by atoms with Crippen molar-refractivity contribution in [3.8, 4) is 17.0 Å². The average Bonchev–Trinajstić information content (AvgIpc) is 3.18. The SMILES string of the molecule is COc1ccc(-c2nc(C)n3c2cnc2[nH]ccc23)cc1C(=O)O. The molecular formula is C17H14N4O3. The lowest BCUT2D eigenvalue weighted by molar-refractivity contribution is 0.0693. The van der Waals surface area contributed by atoms with Gasteiger partial charge in [-0.15, -0.1) is 0 Å². The highest BCUT2D eigenvalue weighted by atomic mass is 16.5. The van der Waals surface area contributed by atoms with Gasteiger partial charge in [0.15, 0.2) is 5.65 Å². The minimum Gasteiger partial charge on any atom is -0.496 e. The predicted molar refractivity (Wildman–Crippen MR) is 88.5 cm³/mol. The fourth-order valence-corrected chi connectivity index (χ4v) is 2.97. The van der Waals surface area contributed by atoms with E-state index in [1.165, 1.54) is 7.11 Å². The molecule has 2 N–H and O–H groups in total. The van der Waals surface area contributed by atoms with Gasteiger partial charge in [0.05, 0.1) is 30.0 Å². The number of carboxylic acids is 1. The van der Waals surface area contributed by atoms with E-state index in [1.54, 1.807) is 24.4 Å². The molecule has 0 amide bonds. The molecule has 120 valence electrons. The van der Waals surface area contributed by atoms with E-state index in [2.05, 4.69) is 15.0 Å². The van der Waals surface area contributed by atoms with E-state index in [-0.39, 0.29) is 5.56 Å². The molecule has 7 nitrogen and oxygen atoms in total. The number of H-pyrrole nitrogens is 1. The Balaban J connectivity index is 2.00. The number of carbonyl (C=O) groups is 1. The summed E-state index contributed by atoms with van der Waals surface area (Å²) < 4.78 is 7.11. The van der Waals surface area contributed by atoms with Crippen LogP contribution in [0.25, 0.3) is 27.9 Å². The highest BCUT2D eigenvalue weighted by Crippen LogP contribution is 2.30. The largest absolute Gasteiger partial charge is 0.496 e. The van der Waals surface area contributed by atoms with E-state index in [0.717, 1.165) is 22.5 Å². The van der Waals surface area contributed by atoms with Gasteiger partial charge in [0.25, 0.3) is 0 Å². The van der Waals surface area contributed by atoms with Gasteiger partial charge in [0.2, 0.25) is 0 Å². The number of carboxylic acid groups (broad SMARTS) is 1. The zero-order chi connectivity index (χ0) is 16.8. The minimum absolute atomic E-state index is 0.101. The number of aromatic nitrogens is 4. The number of imidazole rings is 1. The summed E-state index contributed by atoms with van der Waals surface area (Å²) in [5, 5.41) is 9.38. The lowest BCUT2D eigenvalue weighted by Gasteiger charge is -2.07. The van der Waals surface area contributed by atoms with Crippen LogP contribution in [0, 0.1) is 6.92 Å². The molecule has 0 unspecified atom stereocenters. The molecule has 0 aliphatic rings. The van der Waals surface area contributed by atoms with Gasteiger partial charge < -0.3 is 14.8 Å². The number of aryl methyl sites for hydroxylation is 1. The van der Waals surface area contributed by atoms with E-state index in [0.29, 0.717) is 17.0 Å². The summed E-state index contributed by atoms with van der Waals surface area (Å²) in [6, 6.07) is 6.95. The Morgan fingerprint density at radius 2 is 2.12 bits per heavy atom. The van der Waals surface area contributed by atoms with Crippen molar-refractivity contribution >= 4 is 22.6 Å². The molecule has 0 spiro atoms. The van der Waals surface area contributed by atoms with Gasteiger partial charge in [-0.2, -0.15) is 0 Å². The maximum Gasteiger partial charge on any atom is 0.339 e. The van der Waals surface area contributed by atoms with Crippen LogP contribution in [0.5, 0.6) is 5.75 Å². The zero-order valence-electron chi connectivity index (χ0n) is 13.1. The fraction of sp³-hybridized carbons (Fsp3) is 0.118. The number of nitrogens with one attached hydrogen (secondary N) is 1. The van der Waals surface area contributed by atoms with Gasteiger partial charge in [0.1, 0.15) is 17.1 Å². The molecule has 7 heteroatoms.